The summed E-state index contributed by atoms with van der Waals surface area (Å²) in [5.74, 6) is 0.995. The summed E-state index contributed by atoms with van der Waals surface area (Å²) in [5, 5.41) is 3.36. The number of benzene rings is 1. The third-order valence-electron chi connectivity index (χ3n) is 3.26. The van der Waals surface area contributed by atoms with E-state index in [4.69, 9.17) is 22.1 Å². The normalized spacial score (nSPS) is 17.6. The lowest BCUT2D eigenvalue weighted by Gasteiger charge is -2.13. The van der Waals surface area contributed by atoms with Crippen LogP contribution in [-0.2, 0) is 10.0 Å². The monoisotopic (exact) mass is 474 g/mol. The maximum atomic E-state index is 11.6. The Hall–Kier alpha value is -0.780. The molecule has 0 bridgehead atoms. The van der Waals surface area contributed by atoms with Gasteiger partial charge in [0.15, 0.2) is 5.96 Å². The molecule has 3 N–H and O–H groups in total. The lowest BCUT2D eigenvalue weighted by Crippen LogP contribution is -2.30. The van der Waals surface area contributed by atoms with E-state index >= 15 is 0 Å². The van der Waals surface area contributed by atoms with Gasteiger partial charge in [0.25, 0.3) is 0 Å². The van der Waals surface area contributed by atoms with Crippen molar-refractivity contribution in [3.63, 3.8) is 0 Å². The zero-order valence-electron chi connectivity index (χ0n) is 12.7. The van der Waals surface area contributed by atoms with E-state index in [-0.39, 0.29) is 35.7 Å². The predicted molar refractivity (Wildman–Crippen MR) is 104 cm³/mol. The minimum absolute atomic E-state index is 0. The third-order valence-corrected chi connectivity index (χ3v) is 5.51. The molecule has 130 valence electrons. The van der Waals surface area contributed by atoms with Gasteiger partial charge in [-0.15, -0.1) is 24.0 Å². The van der Waals surface area contributed by atoms with Crippen LogP contribution in [0.15, 0.2) is 23.2 Å². The van der Waals surface area contributed by atoms with E-state index in [9.17, 15) is 8.42 Å². The fraction of sp³-hybridized carbons (Fsp3) is 0.462. The largest absolute Gasteiger partial charge is 0.495 e. The summed E-state index contributed by atoms with van der Waals surface area (Å²) in [7, 11) is -1.55. The van der Waals surface area contributed by atoms with E-state index in [1.165, 1.54) is 11.4 Å². The van der Waals surface area contributed by atoms with E-state index in [0.717, 1.165) is 0 Å². The van der Waals surface area contributed by atoms with Crippen LogP contribution in [0.25, 0.3) is 0 Å². The van der Waals surface area contributed by atoms with Gasteiger partial charge in [0.2, 0.25) is 10.0 Å². The van der Waals surface area contributed by atoms with Gasteiger partial charge in [0.05, 0.1) is 24.4 Å². The minimum Gasteiger partial charge on any atom is -0.495 e. The molecule has 0 aromatic heterocycles. The van der Waals surface area contributed by atoms with Crippen LogP contribution in [0.4, 0.5) is 5.69 Å². The van der Waals surface area contributed by atoms with Gasteiger partial charge in [-0.3, -0.25) is 4.99 Å². The van der Waals surface area contributed by atoms with Gasteiger partial charge in [-0.2, -0.15) is 0 Å². The number of nitrogens with one attached hydrogen (secondary N) is 1. The second kappa shape index (κ2) is 8.90. The average molecular weight is 475 g/mol. The van der Waals surface area contributed by atoms with Crippen molar-refractivity contribution in [1.29, 1.82) is 0 Å². The van der Waals surface area contributed by atoms with Gasteiger partial charge >= 0.3 is 0 Å². The number of sulfonamides is 1. The van der Waals surface area contributed by atoms with Crippen LogP contribution in [0.5, 0.6) is 5.75 Å². The molecule has 1 heterocycles. The first-order chi connectivity index (χ1) is 10.4. The second-order valence-electron chi connectivity index (χ2n) is 4.81. The third kappa shape index (κ3) is 5.66. The topological polar surface area (TPSA) is 97.0 Å². The number of aliphatic imine (C=N–C) groups is 1. The van der Waals surface area contributed by atoms with Crippen LogP contribution in [0.1, 0.15) is 6.42 Å². The van der Waals surface area contributed by atoms with Gasteiger partial charge < -0.3 is 15.8 Å². The Labute approximate surface area is 158 Å². The molecule has 1 aromatic carbocycles. The summed E-state index contributed by atoms with van der Waals surface area (Å²) in [6.07, 6.45) is 0.671. The smallest absolute Gasteiger partial charge is 0.214 e. The molecule has 0 aliphatic carbocycles. The van der Waals surface area contributed by atoms with Gasteiger partial charge in [-0.25, -0.2) is 12.7 Å². The lowest BCUT2D eigenvalue weighted by molar-refractivity contribution is 0.415. The summed E-state index contributed by atoms with van der Waals surface area (Å²) >= 11 is 6.02. The number of guanidine groups is 1. The summed E-state index contributed by atoms with van der Waals surface area (Å²) in [6.45, 7) is 1.20. The van der Waals surface area contributed by atoms with E-state index in [1.54, 1.807) is 18.2 Å². The van der Waals surface area contributed by atoms with Crippen LogP contribution in [0.2, 0.25) is 5.02 Å². The minimum atomic E-state index is -3.09. The molecule has 0 atom stereocenters. The molecule has 1 fully saturated rings. The molecule has 0 saturated carbocycles. The second-order valence-corrected chi connectivity index (χ2v) is 7.31. The Morgan fingerprint density at radius 1 is 1.52 bits per heavy atom. The zero-order chi connectivity index (χ0) is 16.2. The SMILES string of the molecule is COc1ccc(NC(N)=NCCN2CCCS2(=O)=O)cc1Cl.I. The molecule has 10 heteroatoms. The number of nitrogens with zero attached hydrogens (tertiary/aromatic N) is 2. The number of anilines is 1. The standard InChI is InChI=1S/C13H19ClN4O3S.HI/c1-21-12-4-3-10(9-11(12)14)17-13(15)16-5-7-18-6-2-8-22(18,19)20;/h3-4,9H,2,5-8H2,1H3,(H3,15,16,17);1H. The molecule has 0 spiro atoms. The van der Waals surface area contributed by atoms with Gasteiger partial charge in [-0.1, -0.05) is 11.6 Å². The van der Waals surface area contributed by atoms with Gasteiger partial charge in [0, 0.05) is 18.8 Å². The number of halogens is 2. The summed E-state index contributed by atoms with van der Waals surface area (Å²) in [4.78, 5) is 4.12. The zero-order valence-corrected chi connectivity index (χ0v) is 16.6. The number of rotatable bonds is 5. The molecular formula is C13H20ClIN4O3S. The highest BCUT2D eigenvalue weighted by atomic mass is 127. The molecular weight excluding hydrogens is 455 g/mol. The number of nitrogens with two attached hydrogens (primary N) is 1. The Morgan fingerprint density at radius 3 is 2.83 bits per heavy atom. The maximum absolute atomic E-state index is 11.6. The Kier molecular flexibility index (Phi) is 7.84. The maximum Gasteiger partial charge on any atom is 0.214 e. The molecule has 1 aliphatic rings. The van der Waals surface area contributed by atoms with Gasteiger partial charge in [-0.05, 0) is 24.6 Å². The Morgan fingerprint density at radius 2 is 2.26 bits per heavy atom. The Balaban J connectivity index is 0.00000264. The number of ether oxygens (including phenoxy) is 1. The molecule has 0 amide bonds. The van der Waals surface area contributed by atoms with E-state index in [1.807, 2.05) is 0 Å². The molecule has 1 saturated heterocycles. The molecule has 1 aliphatic heterocycles. The van der Waals surface area contributed by atoms with Crippen LogP contribution < -0.4 is 15.8 Å². The summed E-state index contributed by atoms with van der Waals surface area (Å²) < 4.78 is 29.8. The van der Waals surface area contributed by atoms with Crippen LogP contribution >= 0.6 is 35.6 Å². The van der Waals surface area contributed by atoms with Crippen molar-refractivity contribution in [3.05, 3.63) is 23.2 Å². The summed E-state index contributed by atoms with van der Waals surface area (Å²) in [6, 6.07) is 5.15. The van der Waals surface area contributed by atoms with Crippen LogP contribution in [-0.4, -0.2) is 51.2 Å². The first-order valence-electron chi connectivity index (χ1n) is 6.80. The van der Waals surface area contributed by atoms with E-state index < -0.39 is 10.0 Å². The van der Waals surface area contributed by atoms with Crippen LogP contribution in [0, 0.1) is 0 Å². The highest BCUT2D eigenvalue weighted by Crippen LogP contribution is 2.27. The number of methoxy groups -OCH3 is 1. The average Bonchev–Trinajstić information content (AvgIpc) is 2.78. The molecule has 2 rings (SSSR count). The van der Waals surface area contributed by atoms with Crippen molar-refractivity contribution < 1.29 is 13.2 Å². The molecule has 23 heavy (non-hydrogen) atoms. The molecule has 0 radical (unpaired) electrons. The van der Waals surface area contributed by atoms with Crippen LogP contribution in [0.3, 0.4) is 0 Å². The Bertz CT molecular complexity index is 669. The quantitative estimate of drug-likeness (QED) is 0.385. The fourth-order valence-electron chi connectivity index (χ4n) is 2.16. The van der Waals surface area contributed by atoms with Crippen molar-refractivity contribution >= 4 is 57.2 Å². The predicted octanol–water partition coefficient (Wildman–Crippen LogP) is 1.73. The summed E-state index contributed by atoms with van der Waals surface area (Å²) in [5.41, 5.74) is 6.46. The fourth-order valence-corrected chi connectivity index (χ4v) is 3.93. The van der Waals surface area contributed by atoms with Crippen molar-refractivity contribution in [2.45, 2.75) is 6.42 Å². The molecule has 0 unspecified atom stereocenters. The van der Waals surface area contributed by atoms with Crippen molar-refractivity contribution in [1.82, 2.24) is 4.31 Å². The highest BCUT2D eigenvalue weighted by molar-refractivity contribution is 14.0. The lowest BCUT2D eigenvalue weighted by atomic mass is 10.3. The highest BCUT2D eigenvalue weighted by Gasteiger charge is 2.27. The number of hydrogen-bond donors (Lipinski definition) is 2. The van der Waals surface area contributed by atoms with Gasteiger partial charge in [0.1, 0.15) is 5.75 Å². The first-order valence-corrected chi connectivity index (χ1v) is 8.79. The van der Waals surface area contributed by atoms with Crippen molar-refractivity contribution in [2.24, 2.45) is 10.7 Å². The molecule has 1 aromatic rings. The van der Waals surface area contributed by atoms with Crippen molar-refractivity contribution in [2.75, 3.05) is 37.8 Å². The van der Waals surface area contributed by atoms with E-state index in [0.29, 0.717) is 42.5 Å². The van der Waals surface area contributed by atoms with E-state index in [2.05, 4.69) is 10.3 Å². The molecule has 7 nitrogen and oxygen atoms in total. The first kappa shape index (κ1) is 20.3. The number of hydrogen-bond acceptors (Lipinski definition) is 4. The van der Waals surface area contributed by atoms with Crippen molar-refractivity contribution in [3.8, 4) is 5.75 Å².